The number of alkyl halides is 3. The van der Waals surface area contributed by atoms with Crippen LogP contribution in [0.25, 0.3) is 0 Å². The van der Waals surface area contributed by atoms with Crippen LogP contribution in [0.4, 0.5) is 13.2 Å². The van der Waals surface area contributed by atoms with Crippen molar-refractivity contribution in [3.8, 4) is 0 Å². The molecule has 70 valence electrons. The van der Waals surface area contributed by atoms with E-state index in [4.69, 9.17) is 0 Å². The van der Waals surface area contributed by atoms with Gasteiger partial charge in [0, 0.05) is 6.07 Å². The normalized spacial score (nSPS) is 11.3. The SMILES string of the molecule is O=CC(=O)c1cc(C(F)(F)F)co1. The number of rotatable bonds is 2. The maximum absolute atomic E-state index is 11.9. The molecule has 0 spiro atoms. The number of hydrogen-bond donors (Lipinski definition) is 0. The van der Waals surface area contributed by atoms with Gasteiger partial charge in [-0.15, -0.1) is 0 Å². The maximum atomic E-state index is 11.9. The van der Waals surface area contributed by atoms with E-state index in [9.17, 15) is 22.8 Å². The van der Waals surface area contributed by atoms with Crippen LogP contribution in [0.2, 0.25) is 0 Å². The van der Waals surface area contributed by atoms with Gasteiger partial charge in [-0.05, 0) is 0 Å². The molecule has 6 heteroatoms. The summed E-state index contributed by atoms with van der Waals surface area (Å²) in [6, 6.07) is 0.483. The van der Waals surface area contributed by atoms with E-state index >= 15 is 0 Å². The average molecular weight is 192 g/mol. The molecule has 0 aromatic carbocycles. The third-order valence-electron chi connectivity index (χ3n) is 1.28. The predicted octanol–water partition coefficient (Wildman–Crippen LogP) is 1.68. The van der Waals surface area contributed by atoms with Crippen molar-refractivity contribution in [3.05, 3.63) is 23.7 Å². The van der Waals surface area contributed by atoms with Crippen LogP contribution in [0.1, 0.15) is 16.1 Å². The lowest BCUT2D eigenvalue weighted by molar-refractivity contribution is -0.137. The second-order valence-electron chi connectivity index (χ2n) is 2.18. The zero-order valence-electron chi connectivity index (χ0n) is 6.09. The smallest absolute Gasteiger partial charge is 0.419 e. The minimum absolute atomic E-state index is 0.112. The first-order valence-electron chi connectivity index (χ1n) is 3.10. The number of hydrogen-bond acceptors (Lipinski definition) is 3. The molecule has 0 unspecified atom stereocenters. The molecule has 0 aliphatic rings. The maximum Gasteiger partial charge on any atom is 0.419 e. The van der Waals surface area contributed by atoms with Crippen LogP contribution in [0.5, 0.6) is 0 Å². The Hall–Kier alpha value is -1.59. The van der Waals surface area contributed by atoms with Crippen LogP contribution < -0.4 is 0 Å². The number of aldehydes is 1. The first-order valence-corrected chi connectivity index (χ1v) is 3.10. The Morgan fingerprint density at radius 1 is 1.46 bits per heavy atom. The standard InChI is InChI=1S/C7H3F3O3/c8-7(9,10)4-1-6(13-3-4)5(12)2-11/h1-3H. The number of Topliss-reactive ketones (excluding diaryl/α,β-unsaturated/α-hetero) is 1. The summed E-state index contributed by atoms with van der Waals surface area (Å²) in [7, 11) is 0. The number of carbonyl (C=O) groups excluding carboxylic acids is 2. The molecule has 1 rings (SSSR count). The van der Waals surface area contributed by atoms with Gasteiger partial charge in [0.15, 0.2) is 12.0 Å². The largest absolute Gasteiger partial charge is 0.460 e. The van der Waals surface area contributed by atoms with Crippen molar-refractivity contribution in [2.45, 2.75) is 6.18 Å². The topological polar surface area (TPSA) is 47.3 Å². The van der Waals surface area contributed by atoms with Crippen LogP contribution in [0.3, 0.4) is 0 Å². The van der Waals surface area contributed by atoms with Crippen molar-refractivity contribution in [1.29, 1.82) is 0 Å². The number of furan rings is 1. The van der Waals surface area contributed by atoms with Gasteiger partial charge in [-0.1, -0.05) is 0 Å². The Kier molecular flexibility index (Phi) is 2.22. The molecule has 0 saturated carbocycles. The van der Waals surface area contributed by atoms with Crippen LogP contribution in [-0.4, -0.2) is 12.1 Å². The molecular formula is C7H3F3O3. The molecule has 3 nitrogen and oxygen atoms in total. The van der Waals surface area contributed by atoms with Gasteiger partial charge in [0.2, 0.25) is 0 Å². The minimum Gasteiger partial charge on any atom is -0.460 e. The third kappa shape index (κ3) is 1.95. The Morgan fingerprint density at radius 2 is 2.08 bits per heavy atom. The summed E-state index contributed by atoms with van der Waals surface area (Å²) in [5.41, 5.74) is -1.09. The van der Waals surface area contributed by atoms with E-state index in [-0.39, 0.29) is 6.29 Å². The number of halogens is 3. The van der Waals surface area contributed by atoms with E-state index < -0.39 is 23.3 Å². The van der Waals surface area contributed by atoms with Crippen molar-refractivity contribution >= 4 is 12.1 Å². The highest BCUT2D eigenvalue weighted by Crippen LogP contribution is 2.30. The fourth-order valence-electron chi connectivity index (χ4n) is 0.672. The highest BCUT2D eigenvalue weighted by Gasteiger charge is 2.33. The minimum atomic E-state index is -4.56. The average Bonchev–Trinajstić information content (AvgIpc) is 2.50. The second-order valence-corrected chi connectivity index (χ2v) is 2.18. The molecule has 0 bridgehead atoms. The molecule has 0 amide bonds. The summed E-state index contributed by atoms with van der Waals surface area (Å²) in [5.74, 6) is -1.72. The first-order chi connectivity index (χ1) is 5.95. The van der Waals surface area contributed by atoms with Gasteiger partial charge < -0.3 is 4.42 Å². The molecule has 0 atom stereocenters. The van der Waals surface area contributed by atoms with E-state index in [0.717, 1.165) is 0 Å². The highest BCUT2D eigenvalue weighted by atomic mass is 19.4. The van der Waals surface area contributed by atoms with Gasteiger partial charge in [-0.2, -0.15) is 13.2 Å². The molecule has 0 aliphatic heterocycles. The summed E-state index contributed by atoms with van der Waals surface area (Å²) in [5, 5.41) is 0. The van der Waals surface area contributed by atoms with Crippen LogP contribution in [0.15, 0.2) is 16.7 Å². The molecule has 13 heavy (non-hydrogen) atoms. The quantitative estimate of drug-likeness (QED) is 0.407. The van der Waals surface area contributed by atoms with E-state index in [1.807, 2.05) is 0 Å². The first kappa shape index (κ1) is 9.50. The fraction of sp³-hybridized carbons (Fsp3) is 0.143. The Morgan fingerprint density at radius 3 is 2.46 bits per heavy atom. The van der Waals surface area contributed by atoms with Crippen LogP contribution in [0, 0.1) is 0 Å². The fourth-order valence-corrected chi connectivity index (χ4v) is 0.672. The van der Waals surface area contributed by atoms with Crippen molar-refractivity contribution in [2.75, 3.05) is 0 Å². The number of carbonyl (C=O) groups is 2. The molecule has 1 aromatic heterocycles. The Labute approximate surface area is 70.1 Å². The van der Waals surface area contributed by atoms with Crippen LogP contribution >= 0.6 is 0 Å². The Bertz CT molecular complexity index is 337. The lowest BCUT2D eigenvalue weighted by Crippen LogP contribution is -2.03. The highest BCUT2D eigenvalue weighted by molar-refractivity contribution is 6.32. The van der Waals surface area contributed by atoms with Crippen molar-refractivity contribution in [1.82, 2.24) is 0 Å². The molecule has 1 aromatic rings. The van der Waals surface area contributed by atoms with Gasteiger partial charge in [0.05, 0.1) is 5.56 Å². The monoisotopic (exact) mass is 192 g/mol. The summed E-state index contributed by atoms with van der Waals surface area (Å²) in [6.45, 7) is 0. The molecule has 0 N–H and O–H groups in total. The molecule has 0 fully saturated rings. The summed E-state index contributed by atoms with van der Waals surface area (Å²) < 4.78 is 40.0. The summed E-state index contributed by atoms with van der Waals surface area (Å²) >= 11 is 0. The Balaban J connectivity index is 3.00. The van der Waals surface area contributed by atoms with Gasteiger partial charge >= 0.3 is 6.18 Å². The molecule has 0 aliphatic carbocycles. The zero-order valence-corrected chi connectivity index (χ0v) is 6.09. The molecular weight excluding hydrogens is 189 g/mol. The van der Waals surface area contributed by atoms with Gasteiger partial charge in [0.1, 0.15) is 6.26 Å². The second kappa shape index (κ2) is 3.04. The molecule has 0 radical (unpaired) electrons. The van der Waals surface area contributed by atoms with Gasteiger partial charge in [0.25, 0.3) is 5.78 Å². The van der Waals surface area contributed by atoms with Gasteiger partial charge in [-0.25, -0.2) is 0 Å². The third-order valence-corrected chi connectivity index (χ3v) is 1.28. The van der Waals surface area contributed by atoms with Crippen molar-refractivity contribution in [2.24, 2.45) is 0 Å². The summed E-state index contributed by atoms with van der Waals surface area (Å²) in [6.07, 6.45) is -4.29. The van der Waals surface area contributed by atoms with Crippen molar-refractivity contribution < 1.29 is 27.2 Å². The predicted molar refractivity (Wildman–Crippen MR) is 34.1 cm³/mol. The summed E-state index contributed by atoms with van der Waals surface area (Å²) in [4.78, 5) is 20.4. The van der Waals surface area contributed by atoms with Crippen molar-refractivity contribution in [3.63, 3.8) is 0 Å². The van der Waals surface area contributed by atoms with E-state index in [0.29, 0.717) is 12.3 Å². The molecule has 0 saturated heterocycles. The van der Waals surface area contributed by atoms with Crippen LogP contribution in [-0.2, 0) is 11.0 Å². The lowest BCUT2D eigenvalue weighted by atomic mass is 10.2. The van der Waals surface area contributed by atoms with Gasteiger partial charge in [-0.3, -0.25) is 9.59 Å². The van der Waals surface area contributed by atoms with E-state index in [1.165, 1.54) is 0 Å². The van der Waals surface area contributed by atoms with E-state index in [2.05, 4.69) is 4.42 Å². The van der Waals surface area contributed by atoms with E-state index in [1.54, 1.807) is 0 Å². The number of ketones is 1. The molecule has 1 heterocycles. The lowest BCUT2D eigenvalue weighted by Gasteiger charge is -1.99. The zero-order chi connectivity index (χ0) is 10.1.